The molecule has 1 fully saturated rings. The molecule has 0 saturated carbocycles. The fourth-order valence-corrected chi connectivity index (χ4v) is 3.50. The molecule has 1 aliphatic heterocycles. The van der Waals surface area contributed by atoms with E-state index in [2.05, 4.69) is 27.9 Å². The number of amides is 2. The van der Waals surface area contributed by atoms with Gasteiger partial charge in [0.15, 0.2) is 0 Å². The van der Waals surface area contributed by atoms with Gasteiger partial charge in [0.1, 0.15) is 0 Å². The van der Waals surface area contributed by atoms with Gasteiger partial charge in [-0.2, -0.15) is 0 Å². The third-order valence-electron chi connectivity index (χ3n) is 4.17. The number of hydrogen-bond donors (Lipinski definition) is 1. The van der Waals surface area contributed by atoms with Crippen LogP contribution in [0.5, 0.6) is 0 Å². The Kier molecular flexibility index (Phi) is 5.70. The van der Waals surface area contributed by atoms with Crippen molar-refractivity contribution in [1.82, 2.24) is 4.90 Å². The maximum absolute atomic E-state index is 12.6. The highest BCUT2D eigenvalue weighted by molar-refractivity contribution is 14.1. The van der Waals surface area contributed by atoms with E-state index >= 15 is 0 Å². The normalized spacial score (nSPS) is 18.7. The van der Waals surface area contributed by atoms with Crippen LogP contribution in [0.15, 0.2) is 18.2 Å². The van der Waals surface area contributed by atoms with E-state index in [9.17, 15) is 9.59 Å². The van der Waals surface area contributed by atoms with Crippen molar-refractivity contribution in [3.05, 3.63) is 27.3 Å². The monoisotopic (exact) mass is 428 g/mol. The number of halogens is 1. The van der Waals surface area contributed by atoms with Crippen LogP contribution in [0.3, 0.4) is 0 Å². The molecule has 1 aliphatic rings. The zero-order valence-electron chi connectivity index (χ0n) is 14.3. The van der Waals surface area contributed by atoms with Crippen molar-refractivity contribution in [2.75, 3.05) is 18.4 Å². The number of benzene rings is 1. The molecule has 1 aromatic carbocycles. The molecule has 1 saturated heterocycles. The van der Waals surface area contributed by atoms with E-state index in [4.69, 9.17) is 0 Å². The number of hydrogen-bond acceptors (Lipinski definition) is 2. The summed E-state index contributed by atoms with van der Waals surface area (Å²) in [5.74, 6) is 0.00916. The number of likely N-dealkylation sites (tertiary alicyclic amines) is 1. The van der Waals surface area contributed by atoms with Crippen LogP contribution in [0.4, 0.5) is 5.69 Å². The van der Waals surface area contributed by atoms with E-state index < -0.39 is 5.41 Å². The van der Waals surface area contributed by atoms with Crippen LogP contribution in [0.25, 0.3) is 0 Å². The van der Waals surface area contributed by atoms with Crippen LogP contribution >= 0.6 is 22.6 Å². The van der Waals surface area contributed by atoms with Crippen molar-refractivity contribution >= 4 is 40.1 Å². The zero-order valence-corrected chi connectivity index (χ0v) is 16.4. The van der Waals surface area contributed by atoms with Gasteiger partial charge in [0.25, 0.3) is 0 Å². The summed E-state index contributed by atoms with van der Waals surface area (Å²) in [6.45, 7) is 9.04. The molecule has 2 rings (SSSR count). The fraction of sp³-hybridized carbons (Fsp3) is 0.556. The number of carbonyl (C=O) groups is 2. The Morgan fingerprint density at radius 3 is 2.61 bits per heavy atom. The first-order valence-electron chi connectivity index (χ1n) is 8.05. The summed E-state index contributed by atoms with van der Waals surface area (Å²) in [6.07, 6.45) is 1.72. The van der Waals surface area contributed by atoms with Gasteiger partial charge < -0.3 is 10.2 Å². The highest BCUT2D eigenvalue weighted by Crippen LogP contribution is 2.25. The predicted molar refractivity (Wildman–Crippen MR) is 101 cm³/mol. The van der Waals surface area contributed by atoms with E-state index in [0.717, 1.165) is 34.2 Å². The predicted octanol–water partition coefficient (Wildman–Crippen LogP) is 3.82. The lowest BCUT2D eigenvalue weighted by Crippen LogP contribution is -2.47. The lowest BCUT2D eigenvalue weighted by atomic mass is 9.91. The number of nitrogens with one attached hydrogen (secondary N) is 1. The van der Waals surface area contributed by atoms with Crippen molar-refractivity contribution in [2.45, 2.75) is 40.5 Å². The number of piperidine rings is 1. The summed E-state index contributed by atoms with van der Waals surface area (Å²) in [7, 11) is 0. The van der Waals surface area contributed by atoms with Gasteiger partial charge in [-0.05, 0) is 66.1 Å². The van der Waals surface area contributed by atoms with E-state index in [1.807, 2.05) is 50.8 Å². The van der Waals surface area contributed by atoms with Crippen LogP contribution in [0.2, 0.25) is 0 Å². The van der Waals surface area contributed by atoms with Crippen molar-refractivity contribution in [3.8, 4) is 0 Å². The molecule has 1 unspecified atom stereocenters. The lowest BCUT2D eigenvalue weighted by Gasteiger charge is -2.36. The molecule has 0 aromatic heterocycles. The Balaban J connectivity index is 2.03. The number of rotatable bonds is 2. The van der Waals surface area contributed by atoms with Crippen molar-refractivity contribution in [1.29, 1.82) is 0 Å². The summed E-state index contributed by atoms with van der Waals surface area (Å²) in [5.41, 5.74) is 1.52. The van der Waals surface area contributed by atoms with Crippen molar-refractivity contribution in [2.24, 2.45) is 11.3 Å². The molecule has 0 bridgehead atoms. The van der Waals surface area contributed by atoms with E-state index in [1.54, 1.807) is 0 Å². The number of carbonyl (C=O) groups excluding carboxylic acids is 2. The van der Waals surface area contributed by atoms with Crippen molar-refractivity contribution < 1.29 is 9.59 Å². The molecule has 23 heavy (non-hydrogen) atoms. The first-order chi connectivity index (χ1) is 10.7. The SMILES string of the molecule is Cc1cc(I)ccc1NC(=O)C1CCCN(C(=O)C(C)(C)C)C1. The second-order valence-electron chi connectivity index (χ2n) is 7.29. The van der Waals surface area contributed by atoms with Gasteiger partial charge in [0, 0.05) is 27.8 Å². The maximum Gasteiger partial charge on any atom is 0.229 e. The summed E-state index contributed by atoms with van der Waals surface area (Å²) in [4.78, 5) is 26.8. The van der Waals surface area contributed by atoms with Gasteiger partial charge in [0.05, 0.1) is 5.92 Å². The molecule has 1 heterocycles. The summed E-state index contributed by atoms with van der Waals surface area (Å²) < 4.78 is 1.15. The van der Waals surface area contributed by atoms with Gasteiger partial charge in [-0.3, -0.25) is 9.59 Å². The average molecular weight is 428 g/mol. The van der Waals surface area contributed by atoms with Crippen LogP contribution in [-0.2, 0) is 9.59 Å². The standard InChI is InChI=1S/C18H25IN2O2/c1-12-10-14(19)7-8-15(12)20-16(22)13-6-5-9-21(11-13)17(23)18(2,3)4/h7-8,10,13H,5-6,9,11H2,1-4H3,(H,20,22). The lowest BCUT2D eigenvalue weighted by molar-refractivity contribution is -0.142. The van der Waals surface area contributed by atoms with E-state index in [0.29, 0.717) is 6.54 Å². The molecule has 4 nitrogen and oxygen atoms in total. The average Bonchev–Trinajstić information content (AvgIpc) is 2.48. The molecule has 0 aliphatic carbocycles. The van der Waals surface area contributed by atoms with Gasteiger partial charge >= 0.3 is 0 Å². The molecule has 1 atom stereocenters. The Labute approximate surface area is 152 Å². The molecule has 0 radical (unpaired) electrons. The van der Waals surface area contributed by atoms with Crippen LogP contribution in [-0.4, -0.2) is 29.8 Å². The topological polar surface area (TPSA) is 49.4 Å². The molecule has 1 aromatic rings. The first-order valence-corrected chi connectivity index (χ1v) is 9.13. The van der Waals surface area contributed by atoms with Gasteiger partial charge in [-0.1, -0.05) is 20.8 Å². The second-order valence-corrected chi connectivity index (χ2v) is 8.53. The van der Waals surface area contributed by atoms with E-state index in [-0.39, 0.29) is 17.7 Å². The Morgan fingerprint density at radius 2 is 2.00 bits per heavy atom. The minimum Gasteiger partial charge on any atom is -0.341 e. The largest absolute Gasteiger partial charge is 0.341 e. The fourth-order valence-electron chi connectivity index (χ4n) is 2.85. The third kappa shape index (κ3) is 4.68. The van der Waals surface area contributed by atoms with Gasteiger partial charge in [-0.15, -0.1) is 0 Å². The number of aryl methyl sites for hydroxylation is 1. The van der Waals surface area contributed by atoms with Gasteiger partial charge in [-0.25, -0.2) is 0 Å². The number of nitrogens with zero attached hydrogens (tertiary/aromatic N) is 1. The molecule has 126 valence electrons. The Morgan fingerprint density at radius 1 is 1.30 bits per heavy atom. The van der Waals surface area contributed by atoms with Crippen LogP contribution in [0.1, 0.15) is 39.2 Å². The van der Waals surface area contributed by atoms with Gasteiger partial charge in [0.2, 0.25) is 11.8 Å². The molecular weight excluding hydrogens is 403 g/mol. The Hall–Kier alpha value is -1.11. The minimum absolute atomic E-state index is 0.0146. The Bertz CT molecular complexity index is 608. The summed E-state index contributed by atoms with van der Waals surface area (Å²) >= 11 is 2.26. The second kappa shape index (κ2) is 7.20. The summed E-state index contributed by atoms with van der Waals surface area (Å²) in [6, 6.07) is 5.97. The third-order valence-corrected chi connectivity index (χ3v) is 4.84. The highest BCUT2D eigenvalue weighted by Gasteiger charge is 2.33. The number of anilines is 1. The molecule has 0 spiro atoms. The zero-order chi connectivity index (χ0) is 17.2. The van der Waals surface area contributed by atoms with Crippen LogP contribution < -0.4 is 5.32 Å². The molecule has 2 amide bonds. The first kappa shape index (κ1) is 18.2. The highest BCUT2D eigenvalue weighted by atomic mass is 127. The van der Waals surface area contributed by atoms with Crippen LogP contribution in [0, 0.1) is 21.8 Å². The minimum atomic E-state index is -0.398. The molecule has 1 N–H and O–H groups in total. The summed E-state index contributed by atoms with van der Waals surface area (Å²) in [5, 5.41) is 3.03. The maximum atomic E-state index is 12.6. The van der Waals surface area contributed by atoms with Crippen molar-refractivity contribution in [3.63, 3.8) is 0 Å². The molecule has 5 heteroatoms. The smallest absolute Gasteiger partial charge is 0.229 e. The van der Waals surface area contributed by atoms with E-state index in [1.165, 1.54) is 0 Å². The molecular formula is C18H25IN2O2. The quantitative estimate of drug-likeness (QED) is 0.729.